The Morgan fingerprint density at radius 2 is 2.08 bits per heavy atom. The second-order valence-corrected chi connectivity index (χ2v) is 9.22. The highest BCUT2D eigenvalue weighted by atomic mass is 79.9. The zero-order chi connectivity index (χ0) is 19.6. The summed E-state index contributed by atoms with van der Waals surface area (Å²) >= 11 is 9.00. The van der Waals surface area contributed by atoms with E-state index in [4.69, 9.17) is 16.3 Å². The summed E-state index contributed by atoms with van der Waals surface area (Å²) in [5, 5.41) is 10.5. The molecule has 1 saturated carbocycles. The molecule has 5 heteroatoms. The lowest BCUT2D eigenvalue weighted by atomic mass is 9.80. The van der Waals surface area contributed by atoms with E-state index in [0.29, 0.717) is 18.9 Å². The molecule has 0 aromatic rings. The minimum Gasteiger partial charge on any atom is -0.464 e. The average molecular weight is 450 g/mol. The molecule has 3 atom stereocenters. The molecule has 0 aromatic carbocycles. The predicted molar refractivity (Wildman–Crippen MR) is 113 cm³/mol. The summed E-state index contributed by atoms with van der Waals surface area (Å²) in [6.07, 6.45) is 11.3. The van der Waals surface area contributed by atoms with Gasteiger partial charge in [0.25, 0.3) is 0 Å². The van der Waals surface area contributed by atoms with Gasteiger partial charge in [0.05, 0.1) is 12.7 Å². The Balaban J connectivity index is 2.56. The fraction of sp³-hybridized carbons (Fsp3) is 0.762. The van der Waals surface area contributed by atoms with Gasteiger partial charge in [0.1, 0.15) is 4.83 Å². The van der Waals surface area contributed by atoms with E-state index < -0.39 is 6.10 Å². The van der Waals surface area contributed by atoms with Crippen LogP contribution in [-0.2, 0) is 9.53 Å². The van der Waals surface area contributed by atoms with Crippen LogP contribution < -0.4 is 0 Å². The summed E-state index contributed by atoms with van der Waals surface area (Å²) in [7, 11) is 0. The molecule has 0 aromatic heterocycles. The Labute approximate surface area is 172 Å². The lowest BCUT2D eigenvalue weighted by Crippen LogP contribution is -2.37. The van der Waals surface area contributed by atoms with E-state index >= 15 is 0 Å². The minimum atomic E-state index is -0.392. The van der Waals surface area contributed by atoms with E-state index in [9.17, 15) is 9.90 Å². The highest BCUT2D eigenvalue weighted by Gasteiger charge is 2.42. The van der Waals surface area contributed by atoms with Crippen molar-refractivity contribution in [1.82, 2.24) is 0 Å². The fourth-order valence-electron chi connectivity index (χ4n) is 3.47. The molecule has 1 unspecified atom stereocenters. The van der Waals surface area contributed by atoms with Gasteiger partial charge in [-0.05, 0) is 65.7 Å². The lowest BCUT2D eigenvalue weighted by Gasteiger charge is -2.32. The first kappa shape index (κ1) is 23.7. The van der Waals surface area contributed by atoms with Gasteiger partial charge in [-0.15, -0.1) is 11.6 Å². The standard InChI is InChI=1S/C21H34BrClO3/c1-16(2)7-4-8-17(3)9-5-12-21(13-6-10-19(21)24)15-26-20(25)18(22)11-14-23/h7,9,18-19,24H,4-6,8,10-15H2,1-3H3/b17-9+/t18?,19-,21-/m1/s1. The summed E-state index contributed by atoms with van der Waals surface area (Å²) < 4.78 is 5.53. The average Bonchev–Trinajstić information content (AvgIpc) is 2.93. The molecule has 0 aliphatic heterocycles. The lowest BCUT2D eigenvalue weighted by molar-refractivity contribution is -0.149. The van der Waals surface area contributed by atoms with Crippen molar-refractivity contribution in [2.75, 3.05) is 12.5 Å². The third-order valence-electron chi connectivity index (χ3n) is 5.21. The molecule has 1 aliphatic carbocycles. The number of alkyl halides is 2. The van der Waals surface area contributed by atoms with Gasteiger partial charge in [0.15, 0.2) is 0 Å². The van der Waals surface area contributed by atoms with E-state index in [0.717, 1.165) is 44.9 Å². The van der Waals surface area contributed by atoms with Crippen molar-refractivity contribution in [3.63, 3.8) is 0 Å². The number of carbonyl (C=O) groups is 1. The highest BCUT2D eigenvalue weighted by molar-refractivity contribution is 9.10. The Bertz CT molecular complexity index is 499. The van der Waals surface area contributed by atoms with E-state index in [-0.39, 0.29) is 16.2 Å². The number of allylic oxidation sites excluding steroid dienone is 4. The third-order valence-corrected chi connectivity index (χ3v) is 6.26. The van der Waals surface area contributed by atoms with Gasteiger partial charge in [-0.2, -0.15) is 0 Å². The maximum absolute atomic E-state index is 12.1. The smallest absolute Gasteiger partial charge is 0.319 e. The van der Waals surface area contributed by atoms with E-state index in [1.165, 1.54) is 11.1 Å². The van der Waals surface area contributed by atoms with Gasteiger partial charge in [-0.3, -0.25) is 4.79 Å². The molecule has 1 fully saturated rings. The fourth-order valence-corrected chi connectivity index (χ4v) is 4.31. The van der Waals surface area contributed by atoms with Crippen molar-refractivity contribution < 1.29 is 14.6 Å². The van der Waals surface area contributed by atoms with Gasteiger partial charge < -0.3 is 9.84 Å². The molecule has 150 valence electrons. The first-order chi connectivity index (χ1) is 12.3. The molecule has 0 bridgehead atoms. The molecular formula is C21H34BrClO3. The van der Waals surface area contributed by atoms with Crippen LogP contribution in [0.1, 0.15) is 72.1 Å². The number of rotatable bonds is 11. The molecule has 0 heterocycles. The van der Waals surface area contributed by atoms with Crippen LogP contribution >= 0.6 is 27.5 Å². The number of aliphatic hydroxyl groups excluding tert-OH is 1. The summed E-state index contributed by atoms with van der Waals surface area (Å²) in [6.45, 7) is 6.70. The summed E-state index contributed by atoms with van der Waals surface area (Å²) in [4.78, 5) is 11.7. The second kappa shape index (κ2) is 12.2. The van der Waals surface area contributed by atoms with Crippen LogP contribution in [0.15, 0.2) is 23.3 Å². The van der Waals surface area contributed by atoms with Gasteiger partial charge >= 0.3 is 5.97 Å². The number of ether oxygens (including phenoxy) is 1. The van der Waals surface area contributed by atoms with Gasteiger partial charge in [0, 0.05) is 11.3 Å². The van der Waals surface area contributed by atoms with E-state index in [1.54, 1.807) is 0 Å². The number of aliphatic hydroxyl groups is 1. The summed E-state index contributed by atoms with van der Waals surface area (Å²) in [5.74, 6) is 0.132. The summed E-state index contributed by atoms with van der Waals surface area (Å²) in [6, 6.07) is 0. The van der Waals surface area contributed by atoms with E-state index in [1.807, 2.05) is 0 Å². The van der Waals surface area contributed by atoms with Crippen LogP contribution in [-0.4, -0.2) is 34.5 Å². The van der Waals surface area contributed by atoms with Gasteiger partial charge in [-0.25, -0.2) is 0 Å². The number of hydrogen-bond acceptors (Lipinski definition) is 3. The maximum atomic E-state index is 12.1. The first-order valence-electron chi connectivity index (χ1n) is 9.64. The van der Waals surface area contributed by atoms with Gasteiger partial charge in [-0.1, -0.05) is 45.6 Å². The summed E-state index contributed by atoms with van der Waals surface area (Å²) in [5.41, 5.74) is 2.43. The van der Waals surface area contributed by atoms with Crippen LogP contribution in [0.4, 0.5) is 0 Å². The Kier molecular flexibility index (Phi) is 11.1. The number of hydrogen-bond donors (Lipinski definition) is 1. The van der Waals surface area contributed by atoms with Crippen LogP contribution in [0.2, 0.25) is 0 Å². The normalized spacial score (nSPS) is 24.4. The number of esters is 1. The van der Waals surface area contributed by atoms with Crippen LogP contribution in [0.3, 0.4) is 0 Å². The number of halogens is 2. The SMILES string of the molecule is CC(C)=CCC/C(C)=C/CC[C@]1(COC(=O)C(Br)CCCl)CCC[C@H]1O. The monoisotopic (exact) mass is 448 g/mol. The van der Waals surface area contributed by atoms with Crippen LogP contribution in [0.25, 0.3) is 0 Å². The number of carbonyl (C=O) groups excluding carboxylic acids is 1. The molecule has 0 saturated heterocycles. The molecule has 0 amide bonds. The molecular weight excluding hydrogens is 416 g/mol. The van der Waals surface area contributed by atoms with Crippen LogP contribution in [0, 0.1) is 5.41 Å². The van der Waals surface area contributed by atoms with Crippen molar-refractivity contribution in [1.29, 1.82) is 0 Å². The second-order valence-electron chi connectivity index (χ2n) is 7.73. The third kappa shape index (κ3) is 8.14. The maximum Gasteiger partial charge on any atom is 0.319 e. The Morgan fingerprint density at radius 1 is 1.35 bits per heavy atom. The highest BCUT2D eigenvalue weighted by Crippen LogP contribution is 2.43. The molecule has 26 heavy (non-hydrogen) atoms. The molecule has 0 radical (unpaired) electrons. The molecule has 3 nitrogen and oxygen atoms in total. The quantitative estimate of drug-likeness (QED) is 0.242. The van der Waals surface area contributed by atoms with Crippen molar-refractivity contribution in [2.45, 2.75) is 83.1 Å². The largest absolute Gasteiger partial charge is 0.464 e. The van der Waals surface area contributed by atoms with Crippen molar-refractivity contribution in [2.24, 2.45) is 5.41 Å². The van der Waals surface area contributed by atoms with Crippen molar-refractivity contribution >= 4 is 33.5 Å². The first-order valence-corrected chi connectivity index (χ1v) is 11.1. The van der Waals surface area contributed by atoms with Crippen molar-refractivity contribution in [3.8, 4) is 0 Å². The predicted octanol–water partition coefficient (Wildman–Crippen LogP) is 5.93. The van der Waals surface area contributed by atoms with Gasteiger partial charge in [0.2, 0.25) is 0 Å². The Morgan fingerprint density at radius 3 is 2.65 bits per heavy atom. The molecule has 0 spiro atoms. The van der Waals surface area contributed by atoms with E-state index in [2.05, 4.69) is 48.9 Å². The zero-order valence-electron chi connectivity index (χ0n) is 16.4. The minimum absolute atomic E-state index is 0.280. The topological polar surface area (TPSA) is 46.5 Å². The molecule has 1 aliphatic rings. The van der Waals surface area contributed by atoms with Crippen LogP contribution in [0.5, 0.6) is 0 Å². The Hall–Kier alpha value is -0.320. The van der Waals surface area contributed by atoms with Crippen molar-refractivity contribution in [3.05, 3.63) is 23.3 Å². The molecule has 1 N–H and O–H groups in total. The molecule has 1 rings (SSSR count). The zero-order valence-corrected chi connectivity index (χ0v) is 18.7.